The van der Waals surface area contributed by atoms with Crippen molar-refractivity contribution in [2.24, 2.45) is 4.99 Å². The molecule has 1 N–H and O–H groups in total. The summed E-state index contributed by atoms with van der Waals surface area (Å²) in [5, 5.41) is 4.25. The highest BCUT2D eigenvalue weighted by atomic mass is 32.2. The number of allylic oxidation sites excluding steroid dienone is 1. The predicted octanol–water partition coefficient (Wildman–Crippen LogP) is 9.17. The average molecular weight is 600 g/mol. The summed E-state index contributed by atoms with van der Waals surface area (Å²) < 4.78 is 0. The summed E-state index contributed by atoms with van der Waals surface area (Å²) in [6.07, 6.45) is 6.98. The molecule has 0 saturated heterocycles. The van der Waals surface area contributed by atoms with Crippen molar-refractivity contribution < 1.29 is 0 Å². The lowest BCUT2D eigenvalue weighted by molar-refractivity contribution is 0.329. The van der Waals surface area contributed by atoms with E-state index in [2.05, 4.69) is 145 Å². The lowest BCUT2D eigenvalue weighted by Gasteiger charge is -2.37. The van der Waals surface area contributed by atoms with Crippen molar-refractivity contribution in [2.75, 3.05) is 50.1 Å². The average Bonchev–Trinajstić information content (AvgIpc) is 3.36. The van der Waals surface area contributed by atoms with Gasteiger partial charge in [-0.25, -0.2) is 0 Å². The number of hydrogen-bond acceptors (Lipinski definition) is 6. The minimum atomic E-state index is 0.348. The summed E-state index contributed by atoms with van der Waals surface area (Å²) in [6.45, 7) is 15.8. The number of aliphatic imine (C=N–C) groups is 1. The number of fused-ring (bicyclic) bond motifs is 2. The van der Waals surface area contributed by atoms with Crippen LogP contribution in [-0.2, 0) is 0 Å². The maximum Gasteiger partial charge on any atom is 0.107 e. The Hall–Kier alpha value is -3.22. The van der Waals surface area contributed by atoms with Crippen LogP contribution < -0.4 is 15.1 Å². The second kappa shape index (κ2) is 18.4. The third-order valence-electron chi connectivity index (χ3n) is 7.60. The summed E-state index contributed by atoms with van der Waals surface area (Å²) >= 11 is 2.00. The van der Waals surface area contributed by atoms with Gasteiger partial charge in [0.25, 0.3) is 0 Å². The quantitative estimate of drug-likeness (QED) is 0.166. The second-order valence-corrected chi connectivity index (χ2v) is 12.0. The molecule has 0 amide bonds. The number of nitrogens with zero attached hydrogens (tertiary/aromatic N) is 4. The zero-order valence-corrected chi connectivity index (χ0v) is 28.1. The van der Waals surface area contributed by atoms with Crippen LogP contribution in [-0.4, -0.2) is 57.3 Å². The van der Waals surface area contributed by atoms with Gasteiger partial charge in [-0.05, 0) is 94.5 Å². The number of hydrogen-bond donors (Lipinski definition) is 1. The van der Waals surface area contributed by atoms with E-state index in [9.17, 15) is 0 Å². The zero-order valence-electron chi connectivity index (χ0n) is 27.3. The Morgan fingerprint density at radius 1 is 0.884 bits per heavy atom. The van der Waals surface area contributed by atoms with Crippen LogP contribution in [0.15, 0.2) is 101 Å². The fraction of sp³-hybridized carbons (Fsp3) is 0.432. The third kappa shape index (κ3) is 9.38. The van der Waals surface area contributed by atoms with Crippen molar-refractivity contribution in [2.45, 2.75) is 69.6 Å². The first kappa shape index (κ1) is 34.3. The highest BCUT2D eigenvalue weighted by Gasteiger charge is 2.33. The number of thioether (sulfide) groups is 1. The van der Waals surface area contributed by atoms with Gasteiger partial charge in [0.05, 0.1) is 16.7 Å². The van der Waals surface area contributed by atoms with Crippen molar-refractivity contribution in [1.29, 1.82) is 0 Å². The minimum absolute atomic E-state index is 0.348. The van der Waals surface area contributed by atoms with E-state index >= 15 is 0 Å². The molecule has 0 fully saturated rings. The van der Waals surface area contributed by atoms with Crippen LogP contribution in [0.1, 0.15) is 64.9 Å². The Morgan fingerprint density at radius 2 is 1.56 bits per heavy atom. The molecular weight excluding hydrogens is 547 g/mol. The largest absolute Gasteiger partial charge is 0.371 e. The molecule has 2 atom stereocenters. The fourth-order valence-corrected chi connectivity index (χ4v) is 6.91. The molecule has 3 aromatic rings. The molecule has 3 aromatic carbocycles. The fourth-order valence-electron chi connectivity index (χ4n) is 5.55. The summed E-state index contributed by atoms with van der Waals surface area (Å²) in [7, 11) is 4.46. The molecule has 2 unspecified atom stereocenters. The molecule has 2 aliphatic rings. The summed E-state index contributed by atoms with van der Waals surface area (Å²) in [5.41, 5.74) is 5.23. The van der Waals surface area contributed by atoms with Gasteiger partial charge in [-0.15, -0.1) is 0 Å². The van der Waals surface area contributed by atoms with Crippen molar-refractivity contribution >= 4 is 35.5 Å². The number of para-hydroxylation sites is 3. The topological polar surface area (TPSA) is 34.1 Å². The standard InChI is InChI=1S/C31H38N4S.C4H9N.C2H6/c1-4-20-33(2)21-12-19-32-30-22-24(23-31-34(3)28-17-10-11-18-29(28)36-31)26-15-8-9-16-27(26)35(30)25-13-6-5-7-14-25;1-3-4-5-2;1-2/h5-11,13-18,22,24,31-32H,4,12,19-21,23H2,1-3H3;2-4H2,1H3;1-2H3. The van der Waals surface area contributed by atoms with Crippen LogP contribution in [0.3, 0.4) is 0 Å². The Morgan fingerprint density at radius 3 is 2.21 bits per heavy atom. The molecule has 0 radical (unpaired) electrons. The van der Waals surface area contributed by atoms with E-state index in [1.807, 2.05) is 25.6 Å². The van der Waals surface area contributed by atoms with E-state index in [1.165, 1.54) is 39.8 Å². The number of nitrogens with one attached hydrogen (secondary N) is 1. The molecule has 0 spiro atoms. The smallest absolute Gasteiger partial charge is 0.107 e. The van der Waals surface area contributed by atoms with Gasteiger partial charge in [-0.2, -0.15) is 0 Å². The number of anilines is 3. The number of benzene rings is 3. The summed E-state index contributed by atoms with van der Waals surface area (Å²) in [6, 6.07) is 28.5. The zero-order chi connectivity index (χ0) is 31.0. The van der Waals surface area contributed by atoms with Gasteiger partial charge >= 0.3 is 0 Å². The second-order valence-electron chi connectivity index (χ2n) is 10.8. The maximum atomic E-state index is 3.83. The van der Waals surface area contributed by atoms with Crippen molar-refractivity contribution in [1.82, 2.24) is 10.2 Å². The molecule has 232 valence electrons. The Bertz CT molecular complexity index is 1260. The normalized spacial score (nSPS) is 16.7. The van der Waals surface area contributed by atoms with Gasteiger partial charge in [0, 0.05) is 36.6 Å². The SMILES string of the molecule is C=NCCC.CC.CCCN(C)CCCNC1=CC(CC2Sc3ccccc3N2C)c2ccccc2N1c1ccccc1. The molecule has 0 aliphatic carbocycles. The first-order valence-corrected chi connectivity index (χ1v) is 16.9. The molecule has 5 rings (SSSR count). The van der Waals surface area contributed by atoms with Gasteiger partial charge in [0.1, 0.15) is 5.82 Å². The molecule has 0 saturated carbocycles. The molecule has 5 nitrogen and oxygen atoms in total. The van der Waals surface area contributed by atoms with E-state index in [0.29, 0.717) is 11.3 Å². The highest BCUT2D eigenvalue weighted by molar-refractivity contribution is 8.00. The summed E-state index contributed by atoms with van der Waals surface area (Å²) in [4.78, 5) is 12.3. The van der Waals surface area contributed by atoms with Crippen LogP contribution in [0.25, 0.3) is 0 Å². The van der Waals surface area contributed by atoms with E-state index in [0.717, 1.165) is 45.4 Å². The monoisotopic (exact) mass is 599 g/mol. The number of rotatable bonds is 12. The molecule has 43 heavy (non-hydrogen) atoms. The molecule has 6 heteroatoms. The Kier molecular flexibility index (Phi) is 14.7. The predicted molar refractivity (Wildman–Crippen MR) is 191 cm³/mol. The molecule has 0 bridgehead atoms. The van der Waals surface area contributed by atoms with Crippen molar-refractivity contribution in [3.8, 4) is 0 Å². The van der Waals surface area contributed by atoms with Crippen molar-refractivity contribution in [3.63, 3.8) is 0 Å². The van der Waals surface area contributed by atoms with Crippen LogP contribution in [0.5, 0.6) is 0 Å². The Balaban J connectivity index is 0.000000657. The van der Waals surface area contributed by atoms with E-state index < -0.39 is 0 Å². The van der Waals surface area contributed by atoms with Gasteiger partial charge < -0.3 is 20.1 Å². The van der Waals surface area contributed by atoms with Gasteiger partial charge in [0.15, 0.2) is 0 Å². The maximum absolute atomic E-state index is 3.83. The minimum Gasteiger partial charge on any atom is -0.371 e. The molecule has 2 aliphatic heterocycles. The van der Waals surface area contributed by atoms with E-state index in [4.69, 9.17) is 0 Å². The summed E-state index contributed by atoms with van der Waals surface area (Å²) in [5.74, 6) is 1.55. The van der Waals surface area contributed by atoms with E-state index in [1.54, 1.807) is 0 Å². The Labute approximate surface area is 266 Å². The van der Waals surface area contributed by atoms with Gasteiger partial charge in [0.2, 0.25) is 0 Å². The van der Waals surface area contributed by atoms with Crippen LogP contribution >= 0.6 is 11.8 Å². The van der Waals surface area contributed by atoms with Crippen LogP contribution in [0, 0.1) is 0 Å². The first-order chi connectivity index (χ1) is 21.1. The molecule has 2 heterocycles. The lowest BCUT2D eigenvalue weighted by Crippen LogP contribution is -2.35. The van der Waals surface area contributed by atoms with Gasteiger partial charge in [-0.3, -0.25) is 4.90 Å². The van der Waals surface area contributed by atoms with Crippen molar-refractivity contribution in [3.05, 3.63) is 96.3 Å². The van der Waals surface area contributed by atoms with Crippen LogP contribution in [0.2, 0.25) is 0 Å². The van der Waals surface area contributed by atoms with Gasteiger partial charge in [-0.1, -0.05) is 88.0 Å². The highest BCUT2D eigenvalue weighted by Crippen LogP contribution is 2.48. The molecule has 0 aromatic heterocycles. The van der Waals surface area contributed by atoms with E-state index in [-0.39, 0.29) is 0 Å². The van der Waals surface area contributed by atoms with Crippen LogP contribution in [0.4, 0.5) is 17.1 Å². The lowest BCUT2D eigenvalue weighted by atomic mass is 9.89. The third-order valence-corrected chi connectivity index (χ3v) is 8.98. The first-order valence-electron chi connectivity index (χ1n) is 16.1. The molecular formula is C37H53N5S.